The van der Waals surface area contributed by atoms with Gasteiger partial charge in [0.25, 0.3) is 0 Å². The van der Waals surface area contributed by atoms with E-state index in [1.807, 2.05) is 18.2 Å². The molecule has 0 amide bonds. The van der Waals surface area contributed by atoms with Gasteiger partial charge < -0.3 is 20.1 Å². The Morgan fingerprint density at radius 1 is 0.694 bits per heavy atom. The highest BCUT2D eigenvalue weighted by Gasteiger charge is 2.18. The van der Waals surface area contributed by atoms with Gasteiger partial charge in [-0.2, -0.15) is 4.98 Å². The molecule has 1 heterocycles. The van der Waals surface area contributed by atoms with E-state index in [0.717, 1.165) is 59.5 Å². The molecule has 0 atom stereocenters. The molecule has 5 rings (SSSR count). The summed E-state index contributed by atoms with van der Waals surface area (Å²) in [5.74, 6) is -0.409. The van der Waals surface area contributed by atoms with E-state index in [9.17, 15) is 15.3 Å². The Bertz CT molecular complexity index is 1520. The minimum absolute atomic E-state index is 0.0391. The van der Waals surface area contributed by atoms with E-state index in [1.165, 1.54) is 5.39 Å². The Hall–Kier alpha value is -4.32. The van der Waals surface area contributed by atoms with E-state index in [1.54, 1.807) is 6.07 Å². The van der Waals surface area contributed by atoms with Crippen LogP contribution in [0.4, 0.5) is 0 Å². The molecule has 0 aliphatic carbocycles. The maximum absolute atomic E-state index is 10.5. The largest absolute Gasteiger partial charge is 0.508 e. The van der Waals surface area contributed by atoms with Crippen LogP contribution in [0.5, 0.6) is 23.1 Å². The van der Waals surface area contributed by atoms with Crippen LogP contribution in [0.15, 0.2) is 72.8 Å². The van der Waals surface area contributed by atoms with Crippen LogP contribution >= 0.6 is 0 Å². The van der Waals surface area contributed by atoms with Gasteiger partial charge in [0.15, 0.2) is 5.82 Å². The molecule has 3 N–H and O–H groups in total. The number of rotatable bonds is 8. The normalized spacial score (nSPS) is 11.2. The molecule has 0 spiro atoms. The van der Waals surface area contributed by atoms with E-state index in [4.69, 9.17) is 4.74 Å². The zero-order chi connectivity index (χ0) is 25.1. The summed E-state index contributed by atoms with van der Waals surface area (Å²) in [6.45, 7) is 2.67. The van der Waals surface area contributed by atoms with Crippen LogP contribution in [-0.4, -0.2) is 31.9 Å². The van der Waals surface area contributed by atoms with Crippen LogP contribution in [0, 0.1) is 0 Å². The van der Waals surface area contributed by atoms with Gasteiger partial charge in [-0.1, -0.05) is 62.6 Å². The topological polar surface area (TPSA) is 95.7 Å². The number of aromatic hydroxyl groups is 3. The molecular weight excluding hydrogens is 452 g/mol. The third kappa shape index (κ3) is 4.89. The van der Waals surface area contributed by atoms with Crippen molar-refractivity contribution in [1.29, 1.82) is 0 Å². The van der Waals surface area contributed by atoms with Gasteiger partial charge in [-0.3, -0.25) is 0 Å². The molecule has 4 aromatic carbocycles. The number of aromatic nitrogens is 2. The lowest BCUT2D eigenvalue weighted by Crippen LogP contribution is -2.02. The highest BCUT2D eigenvalue weighted by atomic mass is 16.5. The van der Waals surface area contributed by atoms with E-state index < -0.39 is 0 Å². The van der Waals surface area contributed by atoms with Crippen molar-refractivity contribution in [2.45, 2.75) is 32.6 Å². The average molecular weight is 481 g/mol. The number of hydrogen-bond donors (Lipinski definition) is 3. The number of phenolic OH excluding ortho intramolecular Hbond substituents is 3. The lowest BCUT2D eigenvalue weighted by molar-refractivity contribution is 0.294. The number of ether oxygens (including phenoxy) is 1. The van der Waals surface area contributed by atoms with Gasteiger partial charge in [0.1, 0.15) is 22.8 Å². The first-order chi connectivity index (χ1) is 17.5. The zero-order valence-electron chi connectivity index (χ0n) is 20.1. The summed E-state index contributed by atoms with van der Waals surface area (Å²) in [7, 11) is 0. The van der Waals surface area contributed by atoms with Gasteiger partial charge in [-0.15, -0.1) is 0 Å². The summed E-state index contributed by atoms with van der Waals surface area (Å²) in [4.78, 5) is 9.13. The van der Waals surface area contributed by atoms with Gasteiger partial charge in [0, 0.05) is 23.8 Å². The Labute approximate surface area is 209 Å². The predicted octanol–water partition coefficient (Wildman–Crippen LogP) is 7.19. The van der Waals surface area contributed by atoms with Crippen molar-refractivity contribution in [3.05, 3.63) is 72.8 Å². The maximum Gasteiger partial charge on any atom is 0.217 e. The summed E-state index contributed by atoms with van der Waals surface area (Å²) in [5.41, 5.74) is 1.50. The zero-order valence-corrected chi connectivity index (χ0v) is 20.1. The van der Waals surface area contributed by atoms with Gasteiger partial charge in [-0.05, 0) is 46.2 Å². The quantitative estimate of drug-likeness (QED) is 0.161. The molecule has 0 fully saturated rings. The Morgan fingerprint density at radius 3 is 2.11 bits per heavy atom. The Morgan fingerprint density at radius 2 is 1.39 bits per heavy atom. The SMILES string of the molecule is CCCCCCOc1cc(-c2ccc3cc4ccccc4cc3c2)nc(-c2c(O)cc(O)cc2O)n1. The second kappa shape index (κ2) is 10.1. The highest BCUT2D eigenvalue weighted by Crippen LogP contribution is 2.40. The lowest BCUT2D eigenvalue weighted by Gasteiger charge is -2.12. The van der Waals surface area contributed by atoms with Crippen LogP contribution in [0.3, 0.4) is 0 Å². The second-order valence-electron chi connectivity index (χ2n) is 8.94. The summed E-state index contributed by atoms with van der Waals surface area (Å²) >= 11 is 0. The fourth-order valence-corrected chi connectivity index (χ4v) is 4.39. The van der Waals surface area contributed by atoms with Crippen molar-refractivity contribution in [2.24, 2.45) is 0 Å². The monoisotopic (exact) mass is 480 g/mol. The maximum atomic E-state index is 10.5. The van der Waals surface area contributed by atoms with Crippen molar-refractivity contribution in [3.63, 3.8) is 0 Å². The molecule has 36 heavy (non-hydrogen) atoms. The second-order valence-corrected chi connectivity index (χ2v) is 8.94. The van der Waals surface area contributed by atoms with Gasteiger partial charge in [0.2, 0.25) is 5.88 Å². The molecule has 5 aromatic rings. The van der Waals surface area contributed by atoms with E-state index in [2.05, 4.69) is 53.3 Å². The van der Waals surface area contributed by atoms with Crippen LogP contribution in [0.1, 0.15) is 32.6 Å². The summed E-state index contributed by atoms with van der Waals surface area (Å²) in [6, 6.07) is 22.7. The highest BCUT2D eigenvalue weighted by molar-refractivity contribution is 5.99. The molecular formula is C30H28N2O4. The summed E-state index contributed by atoms with van der Waals surface area (Å²) < 4.78 is 5.96. The summed E-state index contributed by atoms with van der Waals surface area (Å²) in [5, 5.41) is 35.2. The van der Waals surface area contributed by atoms with Crippen LogP contribution in [-0.2, 0) is 0 Å². The molecule has 0 saturated heterocycles. The van der Waals surface area contributed by atoms with Crippen molar-refractivity contribution < 1.29 is 20.1 Å². The molecule has 182 valence electrons. The van der Waals surface area contributed by atoms with Crippen LogP contribution in [0.25, 0.3) is 44.2 Å². The molecule has 0 bridgehead atoms. The number of unbranched alkanes of at least 4 members (excludes halogenated alkanes) is 3. The molecule has 6 nitrogen and oxygen atoms in total. The number of hydrogen-bond acceptors (Lipinski definition) is 6. The number of fused-ring (bicyclic) bond motifs is 2. The van der Waals surface area contributed by atoms with Crippen molar-refractivity contribution in [2.75, 3.05) is 6.61 Å². The molecule has 0 saturated carbocycles. The first kappa shape index (κ1) is 23.4. The van der Waals surface area contributed by atoms with Gasteiger partial charge in [-0.25, -0.2) is 4.98 Å². The molecule has 1 aromatic heterocycles. The number of phenols is 3. The standard InChI is InChI=1S/C30H28N2O4/c1-2-3-4-7-12-36-28-18-25(31-30(32-28)29-26(34)16-24(33)17-27(29)35)22-11-10-21-13-19-8-5-6-9-20(19)14-23(21)15-22/h5-6,8-11,13-18,33-35H,2-4,7,12H2,1H3. The van der Waals surface area contributed by atoms with Crippen molar-refractivity contribution >= 4 is 21.5 Å². The van der Waals surface area contributed by atoms with E-state index in [0.29, 0.717) is 18.2 Å². The predicted molar refractivity (Wildman–Crippen MR) is 143 cm³/mol. The molecule has 0 aliphatic rings. The summed E-state index contributed by atoms with van der Waals surface area (Å²) in [6.07, 6.45) is 4.25. The lowest BCUT2D eigenvalue weighted by atomic mass is 10.0. The Kier molecular flexibility index (Phi) is 6.58. The number of nitrogens with zero attached hydrogens (tertiary/aromatic N) is 2. The minimum atomic E-state index is -0.316. The van der Waals surface area contributed by atoms with Crippen molar-refractivity contribution in [3.8, 4) is 45.8 Å². The van der Waals surface area contributed by atoms with E-state index >= 15 is 0 Å². The Balaban J connectivity index is 1.59. The van der Waals surface area contributed by atoms with Gasteiger partial charge in [0.05, 0.1) is 12.3 Å². The average Bonchev–Trinajstić information content (AvgIpc) is 2.86. The first-order valence-corrected chi connectivity index (χ1v) is 12.2. The fraction of sp³-hybridized carbons (Fsp3) is 0.200. The number of benzene rings is 4. The minimum Gasteiger partial charge on any atom is -0.508 e. The van der Waals surface area contributed by atoms with Gasteiger partial charge >= 0.3 is 0 Å². The molecule has 0 unspecified atom stereocenters. The fourth-order valence-electron chi connectivity index (χ4n) is 4.39. The molecule has 6 heteroatoms. The van der Waals surface area contributed by atoms with Crippen LogP contribution in [0.2, 0.25) is 0 Å². The van der Waals surface area contributed by atoms with E-state index in [-0.39, 0.29) is 28.6 Å². The van der Waals surface area contributed by atoms with Crippen molar-refractivity contribution in [1.82, 2.24) is 9.97 Å². The molecule has 0 aliphatic heterocycles. The smallest absolute Gasteiger partial charge is 0.217 e. The first-order valence-electron chi connectivity index (χ1n) is 12.2. The third-order valence-electron chi connectivity index (χ3n) is 6.26. The molecule has 0 radical (unpaired) electrons. The van der Waals surface area contributed by atoms with Crippen LogP contribution < -0.4 is 4.74 Å². The third-order valence-corrected chi connectivity index (χ3v) is 6.26.